The second-order valence-electron chi connectivity index (χ2n) is 4.08. The Morgan fingerprint density at radius 1 is 1.47 bits per heavy atom. The molecule has 0 aliphatic carbocycles. The summed E-state index contributed by atoms with van der Waals surface area (Å²) in [7, 11) is 0. The molecular formula is C10H9ClN6O2. The molecule has 2 aromatic heterocycles. The van der Waals surface area contributed by atoms with E-state index in [-0.39, 0.29) is 17.0 Å². The Hall–Kier alpha value is -2.22. The standard InChI is InChI=1S/C10H9ClN6O2/c11-6-3-7(17-10(15-6)12-4-13-17)14-5-1-2-8(18)16-9(5)19/h3-5,14H,1-2H2,(H,16,18,19). The van der Waals surface area contributed by atoms with Crippen molar-refractivity contribution in [2.75, 3.05) is 5.32 Å². The predicted octanol–water partition coefficient (Wildman–Crippen LogP) is -0.00520. The molecule has 2 aromatic rings. The summed E-state index contributed by atoms with van der Waals surface area (Å²) < 4.78 is 1.44. The van der Waals surface area contributed by atoms with Crippen molar-refractivity contribution in [3.63, 3.8) is 0 Å². The average molecular weight is 281 g/mol. The van der Waals surface area contributed by atoms with Gasteiger partial charge in [-0.15, -0.1) is 0 Å². The van der Waals surface area contributed by atoms with E-state index >= 15 is 0 Å². The molecule has 0 bridgehead atoms. The molecule has 8 nitrogen and oxygen atoms in total. The highest BCUT2D eigenvalue weighted by Gasteiger charge is 2.27. The van der Waals surface area contributed by atoms with Crippen molar-refractivity contribution in [3.05, 3.63) is 17.5 Å². The van der Waals surface area contributed by atoms with Crippen molar-refractivity contribution < 1.29 is 9.59 Å². The van der Waals surface area contributed by atoms with Gasteiger partial charge >= 0.3 is 0 Å². The maximum absolute atomic E-state index is 11.7. The molecule has 1 unspecified atom stereocenters. The van der Waals surface area contributed by atoms with Gasteiger partial charge in [0.25, 0.3) is 5.78 Å². The summed E-state index contributed by atoms with van der Waals surface area (Å²) in [6.07, 6.45) is 2.05. The maximum Gasteiger partial charge on any atom is 0.255 e. The highest BCUT2D eigenvalue weighted by atomic mass is 35.5. The molecule has 19 heavy (non-hydrogen) atoms. The van der Waals surface area contributed by atoms with Gasteiger partial charge in [-0.3, -0.25) is 14.9 Å². The Balaban J connectivity index is 1.91. The number of carbonyl (C=O) groups excluding carboxylic acids is 2. The van der Waals surface area contributed by atoms with Crippen LogP contribution >= 0.6 is 11.6 Å². The molecule has 1 saturated heterocycles. The van der Waals surface area contributed by atoms with Crippen molar-refractivity contribution in [3.8, 4) is 0 Å². The monoisotopic (exact) mass is 280 g/mol. The lowest BCUT2D eigenvalue weighted by Gasteiger charge is -2.22. The zero-order valence-electron chi connectivity index (χ0n) is 9.63. The first-order valence-electron chi connectivity index (χ1n) is 5.60. The van der Waals surface area contributed by atoms with Gasteiger partial charge in [-0.1, -0.05) is 11.6 Å². The van der Waals surface area contributed by atoms with Crippen molar-refractivity contribution in [2.45, 2.75) is 18.9 Å². The van der Waals surface area contributed by atoms with E-state index in [1.807, 2.05) is 0 Å². The lowest BCUT2D eigenvalue weighted by atomic mass is 10.1. The molecule has 0 spiro atoms. The van der Waals surface area contributed by atoms with E-state index in [9.17, 15) is 9.59 Å². The normalized spacial score (nSPS) is 19.5. The molecule has 1 aliphatic heterocycles. The van der Waals surface area contributed by atoms with Crippen LogP contribution in [-0.4, -0.2) is 37.4 Å². The fourth-order valence-electron chi connectivity index (χ4n) is 1.90. The minimum atomic E-state index is -0.511. The minimum absolute atomic E-state index is 0.246. The topological polar surface area (TPSA) is 101 Å². The van der Waals surface area contributed by atoms with Crippen LogP contribution in [-0.2, 0) is 9.59 Å². The quantitative estimate of drug-likeness (QED) is 0.593. The van der Waals surface area contributed by atoms with E-state index in [2.05, 4.69) is 25.7 Å². The number of hydrogen-bond donors (Lipinski definition) is 2. The molecule has 0 saturated carbocycles. The Bertz CT molecular complexity index is 669. The first-order chi connectivity index (χ1) is 9.13. The summed E-state index contributed by atoms with van der Waals surface area (Å²) in [5.41, 5.74) is 0. The van der Waals surface area contributed by atoms with Crippen LogP contribution in [0.2, 0.25) is 5.15 Å². The number of nitrogens with zero attached hydrogens (tertiary/aromatic N) is 4. The summed E-state index contributed by atoms with van der Waals surface area (Å²) in [6, 6.07) is 1.04. The number of fused-ring (bicyclic) bond motifs is 1. The van der Waals surface area contributed by atoms with E-state index in [1.165, 1.54) is 10.8 Å². The van der Waals surface area contributed by atoms with Crippen molar-refractivity contribution in [2.24, 2.45) is 0 Å². The van der Waals surface area contributed by atoms with Crippen LogP contribution in [0.3, 0.4) is 0 Å². The van der Waals surface area contributed by atoms with Crippen LogP contribution < -0.4 is 10.6 Å². The lowest BCUT2D eigenvalue weighted by Crippen LogP contribution is -2.47. The number of halogens is 1. The van der Waals surface area contributed by atoms with E-state index in [1.54, 1.807) is 6.07 Å². The Kier molecular flexibility index (Phi) is 2.79. The van der Waals surface area contributed by atoms with E-state index in [0.717, 1.165) is 0 Å². The molecule has 1 aliphatic rings. The van der Waals surface area contributed by atoms with Gasteiger partial charge in [0.15, 0.2) is 0 Å². The summed E-state index contributed by atoms with van der Waals surface area (Å²) in [5.74, 6) is 0.212. The molecule has 2 N–H and O–H groups in total. The molecule has 3 heterocycles. The van der Waals surface area contributed by atoms with Gasteiger partial charge in [-0.2, -0.15) is 19.6 Å². The molecule has 3 rings (SSSR count). The second kappa shape index (κ2) is 4.47. The van der Waals surface area contributed by atoms with Gasteiger partial charge in [0, 0.05) is 12.5 Å². The molecule has 1 fully saturated rings. The fourth-order valence-corrected chi connectivity index (χ4v) is 2.07. The summed E-state index contributed by atoms with van der Waals surface area (Å²) in [4.78, 5) is 30.7. The van der Waals surface area contributed by atoms with Gasteiger partial charge < -0.3 is 5.32 Å². The number of hydrogen-bond acceptors (Lipinski definition) is 6. The van der Waals surface area contributed by atoms with E-state index < -0.39 is 6.04 Å². The minimum Gasteiger partial charge on any atom is -0.358 e. The fraction of sp³-hybridized carbons (Fsp3) is 0.300. The van der Waals surface area contributed by atoms with Crippen molar-refractivity contribution >= 4 is 35.0 Å². The molecule has 2 amide bonds. The number of rotatable bonds is 2. The number of amides is 2. The van der Waals surface area contributed by atoms with Gasteiger partial charge in [0.05, 0.1) is 0 Å². The first kappa shape index (κ1) is 11.8. The van der Waals surface area contributed by atoms with Gasteiger partial charge in [-0.05, 0) is 6.42 Å². The number of imide groups is 1. The van der Waals surface area contributed by atoms with E-state index in [0.29, 0.717) is 24.4 Å². The van der Waals surface area contributed by atoms with Crippen LogP contribution in [0.4, 0.5) is 5.82 Å². The smallest absolute Gasteiger partial charge is 0.255 e. The predicted molar refractivity (Wildman–Crippen MR) is 65.6 cm³/mol. The molecule has 0 radical (unpaired) electrons. The summed E-state index contributed by atoms with van der Waals surface area (Å²) >= 11 is 5.87. The van der Waals surface area contributed by atoms with Gasteiger partial charge in [0.2, 0.25) is 11.8 Å². The van der Waals surface area contributed by atoms with Crippen LogP contribution in [0.5, 0.6) is 0 Å². The number of anilines is 1. The Labute approximate surface area is 112 Å². The van der Waals surface area contributed by atoms with Crippen molar-refractivity contribution in [1.82, 2.24) is 24.9 Å². The molecule has 98 valence electrons. The SMILES string of the molecule is O=C1CCC(Nc2cc(Cl)nc3ncnn23)C(=O)N1. The molecule has 9 heteroatoms. The van der Waals surface area contributed by atoms with E-state index in [4.69, 9.17) is 11.6 Å². The van der Waals surface area contributed by atoms with Crippen LogP contribution in [0.25, 0.3) is 5.78 Å². The highest BCUT2D eigenvalue weighted by Crippen LogP contribution is 2.17. The Morgan fingerprint density at radius 3 is 3.11 bits per heavy atom. The van der Waals surface area contributed by atoms with Crippen LogP contribution in [0.15, 0.2) is 12.4 Å². The molecule has 0 aromatic carbocycles. The van der Waals surface area contributed by atoms with Crippen molar-refractivity contribution in [1.29, 1.82) is 0 Å². The lowest BCUT2D eigenvalue weighted by molar-refractivity contribution is -0.133. The third-order valence-corrected chi connectivity index (χ3v) is 2.98. The molecular weight excluding hydrogens is 272 g/mol. The third-order valence-electron chi connectivity index (χ3n) is 2.78. The first-order valence-corrected chi connectivity index (χ1v) is 5.98. The number of carbonyl (C=O) groups is 2. The average Bonchev–Trinajstić information content (AvgIpc) is 2.80. The third kappa shape index (κ3) is 2.22. The number of aromatic nitrogens is 4. The van der Waals surface area contributed by atoms with Crippen LogP contribution in [0.1, 0.15) is 12.8 Å². The number of piperidine rings is 1. The zero-order chi connectivity index (χ0) is 13.4. The van der Waals surface area contributed by atoms with Crippen LogP contribution in [0, 0.1) is 0 Å². The zero-order valence-corrected chi connectivity index (χ0v) is 10.4. The largest absolute Gasteiger partial charge is 0.358 e. The highest BCUT2D eigenvalue weighted by molar-refractivity contribution is 6.29. The van der Waals surface area contributed by atoms with Gasteiger partial charge in [0.1, 0.15) is 23.3 Å². The number of nitrogens with one attached hydrogen (secondary N) is 2. The Morgan fingerprint density at radius 2 is 2.32 bits per heavy atom. The van der Waals surface area contributed by atoms with Gasteiger partial charge in [-0.25, -0.2) is 0 Å². The molecule has 1 atom stereocenters. The summed E-state index contributed by atoms with van der Waals surface area (Å²) in [6.45, 7) is 0. The second-order valence-corrected chi connectivity index (χ2v) is 4.47. The summed E-state index contributed by atoms with van der Waals surface area (Å²) in [5, 5.41) is 9.50. The maximum atomic E-state index is 11.7.